The van der Waals surface area contributed by atoms with Crippen LogP contribution in [0, 0.1) is 0 Å². The Bertz CT molecular complexity index is 110. The summed E-state index contributed by atoms with van der Waals surface area (Å²) in [6.07, 6.45) is 3.72. The van der Waals surface area contributed by atoms with E-state index in [0.717, 1.165) is 6.04 Å². The van der Waals surface area contributed by atoms with E-state index >= 15 is 0 Å². The van der Waals surface area contributed by atoms with Gasteiger partial charge in [-0.1, -0.05) is 12.8 Å². The molecular formula is C9H23NOSi. The number of hydrogen-bond acceptors (Lipinski definition) is 2. The van der Waals surface area contributed by atoms with Crippen LogP contribution in [0.4, 0.5) is 0 Å². The highest BCUT2D eigenvalue weighted by atomic mass is 28.4. The summed E-state index contributed by atoms with van der Waals surface area (Å²) in [4.78, 5) is 11.8. The van der Waals surface area contributed by atoms with Gasteiger partial charge in [-0.05, 0) is 46.2 Å². The van der Waals surface area contributed by atoms with Gasteiger partial charge in [0.2, 0.25) is 0 Å². The molecule has 0 aliphatic carbocycles. The third-order valence-corrected chi connectivity index (χ3v) is 3.47. The van der Waals surface area contributed by atoms with Crippen molar-refractivity contribution in [1.29, 1.82) is 0 Å². The van der Waals surface area contributed by atoms with Gasteiger partial charge in [0.1, 0.15) is 0 Å². The lowest BCUT2D eigenvalue weighted by Crippen LogP contribution is -2.24. The Morgan fingerprint density at radius 3 is 2.08 bits per heavy atom. The van der Waals surface area contributed by atoms with Gasteiger partial charge in [-0.25, -0.2) is 0 Å². The maximum absolute atomic E-state index is 9.55. The Kier molecular flexibility index (Phi) is 5.79. The van der Waals surface area contributed by atoms with E-state index in [1.807, 2.05) is 13.1 Å². The first-order valence-corrected chi connectivity index (χ1v) is 7.94. The van der Waals surface area contributed by atoms with E-state index < -0.39 is 8.32 Å². The van der Waals surface area contributed by atoms with E-state index in [0.29, 0.717) is 0 Å². The molecule has 0 aliphatic heterocycles. The fourth-order valence-electron chi connectivity index (χ4n) is 1.16. The largest absolute Gasteiger partial charge is 0.432 e. The minimum atomic E-state index is -1.75. The molecule has 0 aromatic carbocycles. The average Bonchev–Trinajstić information content (AvgIpc) is 1.83. The second kappa shape index (κ2) is 5.73. The molecule has 0 heterocycles. The molecule has 0 bridgehead atoms. The van der Waals surface area contributed by atoms with Crippen LogP contribution in [0.3, 0.4) is 0 Å². The Morgan fingerprint density at radius 2 is 1.67 bits per heavy atom. The van der Waals surface area contributed by atoms with Crippen molar-refractivity contribution in [3.63, 3.8) is 0 Å². The molecule has 0 aromatic heterocycles. The first-order valence-electron chi connectivity index (χ1n) is 4.79. The molecule has 2 nitrogen and oxygen atoms in total. The van der Waals surface area contributed by atoms with E-state index in [9.17, 15) is 4.80 Å². The van der Waals surface area contributed by atoms with Crippen molar-refractivity contribution in [2.24, 2.45) is 0 Å². The molecular weight excluding hydrogens is 166 g/mol. The molecule has 1 N–H and O–H groups in total. The van der Waals surface area contributed by atoms with Gasteiger partial charge >= 0.3 is 0 Å². The van der Waals surface area contributed by atoms with Crippen molar-refractivity contribution >= 4 is 8.32 Å². The highest BCUT2D eigenvalue weighted by molar-refractivity contribution is 6.69. The topological polar surface area (TPSA) is 23.5 Å². The normalized spacial score (nSPS) is 12.5. The van der Waals surface area contributed by atoms with Gasteiger partial charge in [-0.2, -0.15) is 0 Å². The lowest BCUT2D eigenvalue weighted by Gasteiger charge is -2.14. The van der Waals surface area contributed by atoms with E-state index in [2.05, 4.69) is 19.0 Å². The van der Waals surface area contributed by atoms with Crippen molar-refractivity contribution < 1.29 is 4.80 Å². The fraction of sp³-hybridized carbons (Fsp3) is 1.00. The standard InChI is InChI=1S/C9H23NOSi/c1-10(2)8-6-5-7-9-12(3,4)11/h11H,5-9H2,1-4H3. The smallest absolute Gasteiger partial charge is 0.182 e. The summed E-state index contributed by atoms with van der Waals surface area (Å²) < 4.78 is 0. The first kappa shape index (κ1) is 12.1. The Hall–Kier alpha value is 0.137. The minimum absolute atomic E-state index is 1.06. The molecule has 74 valence electrons. The van der Waals surface area contributed by atoms with E-state index in [4.69, 9.17) is 0 Å². The molecule has 0 radical (unpaired) electrons. The molecule has 0 atom stereocenters. The van der Waals surface area contributed by atoms with Crippen LogP contribution in [0.25, 0.3) is 0 Å². The zero-order valence-corrected chi connectivity index (χ0v) is 9.93. The van der Waals surface area contributed by atoms with Gasteiger partial charge in [-0.3, -0.25) is 0 Å². The molecule has 3 heteroatoms. The molecule has 0 rings (SSSR count). The number of hydrogen-bond donors (Lipinski definition) is 1. The van der Waals surface area contributed by atoms with Gasteiger partial charge in [0, 0.05) is 0 Å². The predicted octanol–water partition coefficient (Wildman–Crippen LogP) is 1.92. The van der Waals surface area contributed by atoms with Crippen molar-refractivity contribution in [3.8, 4) is 0 Å². The second-order valence-corrected chi connectivity index (χ2v) is 8.55. The number of nitrogens with zero attached hydrogens (tertiary/aromatic N) is 1. The Morgan fingerprint density at radius 1 is 1.08 bits per heavy atom. The van der Waals surface area contributed by atoms with Gasteiger partial charge in [-0.15, -0.1) is 0 Å². The third-order valence-electron chi connectivity index (χ3n) is 1.89. The third kappa shape index (κ3) is 10.1. The molecule has 0 saturated carbocycles. The van der Waals surface area contributed by atoms with Gasteiger partial charge in [0.25, 0.3) is 0 Å². The van der Waals surface area contributed by atoms with E-state index in [1.165, 1.54) is 25.8 Å². The highest BCUT2D eigenvalue weighted by Crippen LogP contribution is 2.10. The molecule has 0 aliphatic rings. The zero-order chi connectivity index (χ0) is 9.61. The Balaban J connectivity index is 3.12. The monoisotopic (exact) mass is 189 g/mol. The number of unbranched alkanes of at least 4 members (excludes halogenated alkanes) is 2. The van der Waals surface area contributed by atoms with Crippen LogP contribution in [0.15, 0.2) is 0 Å². The summed E-state index contributed by atoms with van der Waals surface area (Å²) in [5.41, 5.74) is 0. The summed E-state index contributed by atoms with van der Waals surface area (Å²) in [6.45, 7) is 5.20. The van der Waals surface area contributed by atoms with Crippen LogP contribution in [0.2, 0.25) is 19.1 Å². The van der Waals surface area contributed by atoms with Crippen molar-refractivity contribution in [1.82, 2.24) is 4.90 Å². The second-order valence-electron chi connectivity index (χ2n) is 4.43. The molecule has 0 spiro atoms. The predicted molar refractivity (Wildman–Crippen MR) is 56.9 cm³/mol. The van der Waals surface area contributed by atoms with Gasteiger partial charge < -0.3 is 9.70 Å². The zero-order valence-electron chi connectivity index (χ0n) is 8.93. The van der Waals surface area contributed by atoms with Crippen LogP contribution in [0.1, 0.15) is 19.3 Å². The minimum Gasteiger partial charge on any atom is -0.432 e. The van der Waals surface area contributed by atoms with Crippen molar-refractivity contribution in [2.45, 2.75) is 38.4 Å². The molecule has 0 fully saturated rings. The SMILES string of the molecule is CN(C)CCCCC[Si](C)(C)O. The summed E-state index contributed by atoms with van der Waals surface area (Å²) in [7, 11) is 2.46. The van der Waals surface area contributed by atoms with Crippen molar-refractivity contribution in [2.75, 3.05) is 20.6 Å². The summed E-state index contributed by atoms with van der Waals surface area (Å²) in [5, 5.41) is 0. The molecule has 0 amide bonds. The summed E-state index contributed by atoms with van der Waals surface area (Å²) in [6, 6.07) is 1.06. The van der Waals surface area contributed by atoms with Crippen molar-refractivity contribution in [3.05, 3.63) is 0 Å². The van der Waals surface area contributed by atoms with Gasteiger partial charge in [0.05, 0.1) is 0 Å². The molecule has 0 unspecified atom stereocenters. The Labute approximate surface area is 77.7 Å². The number of rotatable bonds is 6. The van der Waals surface area contributed by atoms with E-state index in [1.54, 1.807) is 0 Å². The summed E-state index contributed by atoms with van der Waals surface area (Å²) >= 11 is 0. The maximum Gasteiger partial charge on any atom is 0.182 e. The van der Waals surface area contributed by atoms with Crippen LogP contribution >= 0.6 is 0 Å². The lowest BCUT2D eigenvalue weighted by atomic mass is 10.2. The highest BCUT2D eigenvalue weighted by Gasteiger charge is 2.15. The average molecular weight is 189 g/mol. The van der Waals surface area contributed by atoms with Crippen LogP contribution in [-0.4, -0.2) is 38.7 Å². The van der Waals surface area contributed by atoms with E-state index in [-0.39, 0.29) is 0 Å². The molecule has 0 aromatic rings. The van der Waals surface area contributed by atoms with Crippen LogP contribution in [0.5, 0.6) is 0 Å². The fourth-order valence-corrected chi connectivity index (χ4v) is 2.28. The van der Waals surface area contributed by atoms with Gasteiger partial charge in [0.15, 0.2) is 8.32 Å². The summed E-state index contributed by atoms with van der Waals surface area (Å²) in [5.74, 6) is 0. The quantitative estimate of drug-likeness (QED) is 0.510. The van der Waals surface area contributed by atoms with Crippen LogP contribution < -0.4 is 0 Å². The van der Waals surface area contributed by atoms with Crippen LogP contribution in [-0.2, 0) is 0 Å². The lowest BCUT2D eigenvalue weighted by molar-refractivity contribution is 0.392. The molecule has 0 saturated heterocycles. The molecule has 12 heavy (non-hydrogen) atoms. The first-order chi connectivity index (χ1) is 5.42. The maximum atomic E-state index is 9.55.